The number of hydrogen-bond donors (Lipinski definition) is 0. The second-order valence-corrected chi connectivity index (χ2v) is 12.0. The van der Waals surface area contributed by atoms with Crippen molar-refractivity contribution < 1.29 is 0 Å². The molecule has 0 spiro atoms. The summed E-state index contributed by atoms with van der Waals surface area (Å²) in [6, 6.07) is 10.3. The average Bonchev–Trinajstić information content (AvgIpc) is 3.03. The van der Waals surface area contributed by atoms with Gasteiger partial charge in [-0.25, -0.2) is 4.31 Å². The summed E-state index contributed by atoms with van der Waals surface area (Å²) < 4.78 is 2.74. The lowest BCUT2D eigenvalue weighted by molar-refractivity contribution is -0.0170. The number of benzene rings is 1. The molecule has 0 radical (unpaired) electrons. The smallest absolute Gasteiger partial charge is 0.128 e. The van der Waals surface area contributed by atoms with Crippen LogP contribution in [0, 0.1) is 0 Å². The van der Waals surface area contributed by atoms with E-state index >= 15 is 0 Å². The summed E-state index contributed by atoms with van der Waals surface area (Å²) in [6.45, 7) is 16.3. The molecule has 5 heteroatoms. The molecule has 3 aliphatic rings. The predicted octanol–water partition coefficient (Wildman–Crippen LogP) is 4.05. The third-order valence-corrected chi connectivity index (χ3v) is 9.11. The van der Waals surface area contributed by atoms with Gasteiger partial charge in [0.15, 0.2) is 0 Å². The van der Waals surface area contributed by atoms with Gasteiger partial charge in [-0.2, -0.15) is 0 Å². The molecule has 0 bridgehead atoms. The van der Waals surface area contributed by atoms with Crippen LogP contribution in [0.2, 0.25) is 0 Å². The van der Waals surface area contributed by atoms with Crippen molar-refractivity contribution in [2.75, 3.05) is 46.3 Å². The first-order valence-corrected chi connectivity index (χ1v) is 12.7. The molecule has 162 valence electrons. The lowest BCUT2D eigenvalue weighted by Crippen LogP contribution is -2.59. The van der Waals surface area contributed by atoms with Gasteiger partial charge in [0.2, 0.25) is 0 Å². The number of likely N-dealkylation sites (N-methyl/N-ethyl adjacent to an activating group) is 1. The summed E-state index contributed by atoms with van der Waals surface area (Å²) in [6.07, 6.45) is 4.72. The van der Waals surface area contributed by atoms with Crippen molar-refractivity contribution in [3.63, 3.8) is 0 Å². The molecule has 1 aliphatic carbocycles. The summed E-state index contributed by atoms with van der Waals surface area (Å²) in [5.74, 6) is 0. The van der Waals surface area contributed by atoms with Gasteiger partial charge < -0.3 is 0 Å². The van der Waals surface area contributed by atoms with Crippen LogP contribution in [-0.4, -0.2) is 83.0 Å². The topological polar surface area (TPSA) is 13.0 Å². The highest BCUT2D eigenvalue weighted by atomic mass is 32.2. The van der Waals surface area contributed by atoms with E-state index in [2.05, 4.69) is 83.4 Å². The van der Waals surface area contributed by atoms with Crippen molar-refractivity contribution in [3.05, 3.63) is 29.8 Å². The third-order valence-electron chi connectivity index (χ3n) is 7.03. The summed E-state index contributed by atoms with van der Waals surface area (Å²) in [5, 5.41) is 2.42. The molecule has 2 atom stereocenters. The van der Waals surface area contributed by atoms with E-state index in [1.165, 1.54) is 55.9 Å². The minimum Gasteiger partial charge on any atom is -0.298 e. The second-order valence-electron chi connectivity index (χ2n) is 9.95. The summed E-state index contributed by atoms with van der Waals surface area (Å²) in [4.78, 5) is 9.49. The molecule has 2 aliphatic heterocycles. The van der Waals surface area contributed by atoms with Crippen molar-refractivity contribution in [1.29, 1.82) is 0 Å². The minimum atomic E-state index is 0.0458. The molecule has 4 rings (SSSR count). The fourth-order valence-corrected chi connectivity index (χ4v) is 6.96. The van der Waals surface area contributed by atoms with E-state index in [1.54, 1.807) is 0 Å². The fraction of sp³-hybridized carbons (Fsp3) is 0.708. The SMILES string of the molecule is C/C=S(\c1ccc(C(C)(C)C)cc1)N1CCN(C)C1N1CCN(C2CCC2)CC1. The largest absolute Gasteiger partial charge is 0.298 e. The zero-order valence-corrected chi connectivity index (χ0v) is 19.9. The van der Waals surface area contributed by atoms with Crippen molar-refractivity contribution >= 4 is 16.0 Å². The molecule has 2 unspecified atom stereocenters. The number of hydrogen-bond acceptors (Lipinski definition) is 4. The van der Waals surface area contributed by atoms with Gasteiger partial charge in [0.05, 0.1) is 0 Å². The molecule has 4 nitrogen and oxygen atoms in total. The number of nitrogens with zero attached hydrogens (tertiary/aromatic N) is 4. The van der Waals surface area contributed by atoms with Crippen molar-refractivity contribution in [2.45, 2.75) is 69.6 Å². The molecule has 0 aromatic heterocycles. The van der Waals surface area contributed by atoms with Crippen LogP contribution in [0.3, 0.4) is 0 Å². The first-order valence-electron chi connectivity index (χ1n) is 11.5. The molecule has 1 aromatic rings. The van der Waals surface area contributed by atoms with Gasteiger partial charge in [-0.05, 0) is 55.3 Å². The highest BCUT2D eigenvalue weighted by Crippen LogP contribution is 2.38. The molecule has 0 N–H and O–H groups in total. The lowest BCUT2D eigenvalue weighted by atomic mass is 9.87. The van der Waals surface area contributed by atoms with E-state index in [1.807, 2.05) is 0 Å². The van der Waals surface area contributed by atoms with Crippen LogP contribution >= 0.6 is 10.7 Å². The predicted molar refractivity (Wildman–Crippen MR) is 127 cm³/mol. The fourth-order valence-electron chi connectivity index (χ4n) is 4.95. The Morgan fingerprint density at radius 1 is 0.897 bits per heavy atom. The van der Waals surface area contributed by atoms with Crippen LogP contribution < -0.4 is 0 Å². The molecule has 29 heavy (non-hydrogen) atoms. The van der Waals surface area contributed by atoms with Crippen LogP contribution in [0.25, 0.3) is 0 Å². The summed E-state index contributed by atoms with van der Waals surface area (Å²) in [5.41, 5.74) is 1.63. The second kappa shape index (κ2) is 8.80. The standard InChI is InChI=1S/C24H40N4S/c1-6-29(22-12-10-20(11-13-22)24(2,3)4)28-19-14-25(5)23(28)27-17-15-26(16-18-27)21-8-7-9-21/h6,10-13,21,23H,7-9,14-19H2,1-5H3. The van der Waals surface area contributed by atoms with Crippen LogP contribution in [-0.2, 0) is 5.41 Å². The number of rotatable bonds is 4. The molecule has 1 saturated carbocycles. The zero-order chi connectivity index (χ0) is 20.6. The Balaban J connectivity index is 1.48. The van der Waals surface area contributed by atoms with E-state index < -0.39 is 0 Å². The quantitative estimate of drug-likeness (QED) is 0.687. The van der Waals surface area contributed by atoms with Crippen molar-refractivity contribution in [3.8, 4) is 0 Å². The third kappa shape index (κ3) is 4.49. The molecule has 0 amide bonds. The van der Waals surface area contributed by atoms with Gasteiger partial charge in [-0.1, -0.05) is 50.0 Å². The van der Waals surface area contributed by atoms with E-state index in [0.29, 0.717) is 6.29 Å². The Hall–Kier alpha value is -0.720. The summed E-state index contributed by atoms with van der Waals surface area (Å²) in [7, 11) is 2.35. The van der Waals surface area contributed by atoms with Gasteiger partial charge in [0.25, 0.3) is 0 Å². The monoisotopic (exact) mass is 416 g/mol. The van der Waals surface area contributed by atoms with Gasteiger partial charge in [-0.15, -0.1) is 0 Å². The molecule has 1 aromatic carbocycles. The normalized spacial score (nSPS) is 27.4. The Bertz CT molecular complexity index is 711. The Labute approximate surface area is 180 Å². The molecular weight excluding hydrogens is 376 g/mol. The van der Waals surface area contributed by atoms with Crippen molar-refractivity contribution in [1.82, 2.24) is 19.0 Å². The first kappa shape index (κ1) is 21.5. The van der Waals surface area contributed by atoms with E-state index in [-0.39, 0.29) is 16.1 Å². The molecule has 2 saturated heterocycles. The average molecular weight is 417 g/mol. The van der Waals surface area contributed by atoms with Crippen LogP contribution in [0.5, 0.6) is 0 Å². The van der Waals surface area contributed by atoms with E-state index in [9.17, 15) is 0 Å². The summed E-state index contributed by atoms with van der Waals surface area (Å²) >= 11 is 0. The van der Waals surface area contributed by atoms with Gasteiger partial charge in [0, 0.05) is 50.2 Å². The van der Waals surface area contributed by atoms with Gasteiger partial charge in [0.1, 0.15) is 6.29 Å². The van der Waals surface area contributed by atoms with Crippen LogP contribution in [0.1, 0.15) is 52.5 Å². The van der Waals surface area contributed by atoms with Crippen molar-refractivity contribution in [2.24, 2.45) is 0 Å². The van der Waals surface area contributed by atoms with E-state index in [4.69, 9.17) is 0 Å². The molecule has 2 heterocycles. The highest BCUT2D eigenvalue weighted by Gasteiger charge is 2.38. The van der Waals surface area contributed by atoms with Gasteiger partial charge in [-0.3, -0.25) is 14.7 Å². The Kier molecular flexibility index (Phi) is 6.52. The molecule has 3 fully saturated rings. The molecular formula is C24H40N4S. The maximum atomic E-state index is 2.75. The highest BCUT2D eigenvalue weighted by molar-refractivity contribution is 8.13. The van der Waals surface area contributed by atoms with Crippen LogP contribution in [0.4, 0.5) is 0 Å². The maximum Gasteiger partial charge on any atom is 0.128 e. The van der Waals surface area contributed by atoms with E-state index in [0.717, 1.165) is 19.1 Å². The zero-order valence-electron chi connectivity index (χ0n) is 19.1. The lowest BCUT2D eigenvalue weighted by Gasteiger charge is -2.47. The Morgan fingerprint density at radius 2 is 1.52 bits per heavy atom. The maximum absolute atomic E-state index is 2.75. The first-order chi connectivity index (χ1) is 13.9. The Morgan fingerprint density at radius 3 is 2.03 bits per heavy atom. The minimum absolute atomic E-state index is 0.0458. The van der Waals surface area contributed by atoms with Crippen LogP contribution in [0.15, 0.2) is 29.2 Å². The van der Waals surface area contributed by atoms with Gasteiger partial charge >= 0.3 is 0 Å². The number of piperazine rings is 1.